The highest BCUT2D eigenvalue weighted by atomic mass is 16.6. The number of aliphatic hydroxyl groups is 2. The Labute approximate surface area is 273 Å². The molecule has 12 nitrogen and oxygen atoms in total. The Bertz CT molecular complexity index is 1500. The molecule has 18 atom stereocenters. The fraction of sp³-hybridized carbons (Fsp3) is 0.800. The van der Waals surface area contributed by atoms with Crippen molar-refractivity contribution in [1.29, 1.82) is 0 Å². The maximum absolute atomic E-state index is 14.4. The van der Waals surface area contributed by atoms with Crippen LogP contribution in [0.15, 0.2) is 11.8 Å². The van der Waals surface area contributed by atoms with Crippen LogP contribution in [-0.4, -0.2) is 82.1 Å². The van der Waals surface area contributed by atoms with Crippen LogP contribution in [0, 0.1) is 63.6 Å². The maximum Gasteiger partial charge on any atom is 0.343 e. The van der Waals surface area contributed by atoms with Gasteiger partial charge in [-0.3, -0.25) is 19.2 Å². The van der Waals surface area contributed by atoms with Gasteiger partial charge in [-0.05, 0) is 50.0 Å². The summed E-state index contributed by atoms with van der Waals surface area (Å²) in [5.41, 5.74) is -5.43. The van der Waals surface area contributed by atoms with Crippen molar-refractivity contribution in [3.8, 4) is 0 Å². The summed E-state index contributed by atoms with van der Waals surface area (Å²) < 4.78 is 30.2. The monoisotopic (exact) mass is 658 g/mol. The van der Waals surface area contributed by atoms with Crippen LogP contribution in [0.3, 0.4) is 0 Å². The standard InChI is InChI=1S/C35H46O12/c1-12-10-19-34(8,35(9,42)31(41)47-19)24-21(12)33(7)23(28(24)43-14(3)36)20-22(13(2)29(33)44-15(4)37)32(6)17(25(39)26(20)40)11-18-27(46-18)30(32)45-16(5)38/h10,12-13,17-18,20-24,26-30,40,42H,11H2,1-9H3/t12-,13?,17-,18+,20?,21+,22?,23-,24+,26?,27+,28-,29+,30+,32+,33-,34+,35-/m1/s1. The van der Waals surface area contributed by atoms with Crippen LogP contribution >= 0.6 is 0 Å². The number of carbonyl (C=O) groups is 5. The van der Waals surface area contributed by atoms with Gasteiger partial charge in [0.2, 0.25) is 0 Å². The molecule has 2 N–H and O–H groups in total. The Morgan fingerprint density at radius 2 is 1.45 bits per heavy atom. The second kappa shape index (κ2) is 9.88. The van der Waals surface area contributed by atoms with E-state index >= 15 is 0 Å². The van der Waals surface area contributed by atoms with Crippen LogP contribution in [0.2, 0.25) is 0 Å². The van der Waals surface area contributed by atoms with E-state index in [-0.39, 0.29) is 23.6 Å². The lowest BCUT2D eigenvalue weighted by molar-refractivity contribution is -0.252. The normalized spacial score (nSPS) is 55.1. The van der Waals surface area contributed by atoms with Gasteiger partial charge >= 0.3 is 23.9 Å². The van der Waals surface area contributed by atoms with Crippen LogP contribution in [0.1, 0.15) is 68.7 Å². The van der Waals surface area contributed by atoms with Gasteiger partial charge in [-0.1, -0.05) is 27.7 Å². The number of rotatable bonds is 3. The molecule has 2 heterocycles. The molecule has 0 bridgehead atoms. The molecule has 2 saturated heterocycles. The largest absolute Gasteiger partial charge is 0.462 e. The molecule has 0 aromatic heterocycles. The van der Waals surface area contributed by atoms with Crippen molar-refractivity contribution >= 4 is 29.7 Å². The third kappa shape index (κ3) is 3.83. The number of hydrogen-bond donors (Lipinski definition) is 2. The van der Waals surface area contributed by atoms with Crippen LogP contribution < -0.4 is 0 Å². The predicted octanol–water partition coefficient (Wildman–Crippen LogP) is 2.12. The first-order valence-corrected chi connectivity index (χ1v) is 16.8. The van der Waals surface area contributed by atoms with Crippen LogP contribution in [-0.2, 0) is 47.7 Å². The zero-order valence-electron chi connectivity index (χ0n) is 28.3. The van der Waals surface area contributed by atoms with E-state index in [0.717, 1.165) is 0 Å². The number of epoxide rings is 1. The van der Waals surface area contributed by atoms with Crippen LogP contribution in [0.5, 0.6) is 0 Å². The molecule has 0 aromatic carbocycles. The van der Waals surface area contributed by atoms with Crippen LogP contribution in [0.25, 0.3) is 0 Å². The molecule has 47 heavy (non-hydrogen) atoms. The number of Topliss-reactive ketones (excluding diaryl/α,β-unsaturated/α-hetero) is 1. The Hall–Kier alpha value is -2.83. The van der Waals surface area contributed by atoms with Crippen LogP contribution in [0.4, 0.5) is 0 Å². The molecule has 2 aliphatic heterocycles. The molecular formula is C35H46O12. The zero-order valence-corrected chi connectivity index (χ0v) is 28.3. The van der Waals surface area contributed by atoms with Crippen molar-refractivity contribution in [1.82, 2.24) is 0 Å². The summed E-state index contributed by atoms with van der Waals surface area (Å²) >= 11 is 0. The number of fused-ring (bicyclic) bond motifs is 10. The van der Waals surface area contributed by atoms with Gasteiger partial charge in [0.05, 0.1) is 11.5 Å². The minimum atomic E-state index is -2.01. The summed E-state index contributed by atoms with van der Waals surface area (Å²) in [6.45, 7) is 14.8. The molecule has 0 radical (unpaired) electrons. The molecule has 5 aliphatic carbocycles. The molecule has 6 fully saturated rings. The molecule has 7 aliphatic rings. The summed E-state index contributed by atoms with van der Waals surface area (Å²) in [6.07, 6.45) is -2.65. The fourth-order valence-corrected chi connectivity index (χ4v) is 12.5. The molecule has 7 rings (SSSR count). The Kier molecular flexibility index (Phi) is 6.87. The molecule has 4 unspecified atom stereocenters. The summed E-state index contributed by atoms with van der Waals surface area (Å²) in [4.78, 5) is 66.1. The van der Waals surface area contributed by atoms with E-state index in [1.807, 2.05) is 33.8 Å². The van der Waals surface area contributed by atoms with Gasteiger partial charge in [-0.25, -0.2) is 4.79 Å². The molecule has 4 saturated carbocycles. The lowest BCUT2D eigenvalue weighted by Gasteiger charge is -2.65. The lowest BCUT2D eigenvalue weighted by atomic mass is 9.39. The van der Waals surface area contributed by atoms with E-state index < -0.39 is 118 Å². The average molecular weight is 659 g/mol. The topological polar surface area (TPSA) is 175 Å². The van der Waals surface area contributed by atoms with E-state index in [0.29, 0.717) is 6.42 Å². The van der Waals surface area contributed by atoms with E-state index in [2.05, 4.69) is 0 Å². The lowest BCUT2D eigenvalue weighted by Crippen LogP contribution is -2.72. The van der Waals surface area contributed by atoms with Gasteiger partial charge in [0.1, 0.15) is 36.3 Å². The predicted molar refractivity (Wildman–Crippen MR) is 159 cm³/mol. The van der Waals surface area contributed by atoms with Crippen molar-refractivity contribution in [3.05, 3.63) is 11.8 Å². The third-order valence-corrected chi connectivity index (χ3v) is 14.1. The second-order valence-electron chi connectivity index (χ2n) is 16.2. The summed E-state index contributed by atoms with van der Waals surface area (Å²) in [5.74, 6) is -7.46. The SMILES string of the molecule is CC(=O)O[C@H]1[C@@H]2[C@H]([C@H](C)C=C3OC(=O)[C@@](C)(O)[C@@]32C)[C@]2(C)[C@@H]1C1C(O)C(=O)[C@H]3C[C@@H]4O[C@@H]4[C@H](OC(C)=O)[C@]3(C)C1C(C)[C@@H]2OC(C)=O. The molecule has 0 spiro atoms. The summed E-state index contributed by atoms with van der Waals surface area (Å²) in [7, 11) is 0. The van der Waals surface area contributed by atoms with Gasteiger partial charge in [0.25, 0.3) is 0 Å². The number of ether oxygens (including phenoxy) is 5. The van der Waals surface area contributed by atoms with E-state index in [1.54, 1.807) is 6.92 Å². The van der Waals surface area contributed by atoms with Crippen molar-refractivity contribution in [2.45, 2.75) is 111 Å². The van der Waals surface area contributed by atoms with Gasteiger partial charge in [-0.15, -0.1) is 0 Å². The number of esters is 4. The van der Waals surface area contributed by atoms with E-state index in [4.69, 9.17) is 23.7 Å². The highest BCUT2D eigenvalue weighted by Gasteiger charge is 2.82. The Morgan fingerprint density at radius 3 is 2.04 bits per heavy atom. The number of hydrogen-bond acceptors (Lipinski definition) is 12. The minimum absolute atomic E-state index is 0.278. The number of allylic oxidation sites excluding steroid dienone is 1. The summed E-state index contributed by atoms with van der Waals surface area (Å²) in [5, 5.41) is 24.1. The molecule has 258 valence electrons. The van der Waals surface area contributed by atoms with Gasteiger partial charge < -0.3 is 33.9 Å². The molecule has 0 amide bonds. The molecular weight excluding hydrogens is 612 g/mol. The van der Waals surface area contributed by atoms with Crippen molar-refractivity contribution in [2.75, 3.05) is 0 Å². The zero-order chi connectivity index (χ0) is 34.5. The average Bonchev–Trinajstić information content (AvgIpc) is 3.65. The van der Waals surface area contributed by atoms with Gasteiger partial charge in [0.15, 0.2) is 11.4 Å². The second-order valence-corrected chi connectivity index (χ2v) is 16.2. The van der Waals surface area contributed by atoms with Gasteiger partial charge in [0, 0.05) is 55.3 Å². The summed E-state index contributed by atoms with van der Waals surface area (Å²) in [6, 6.07) is 0. The first-order chi connectivity index (χ1) is 21.7. The highest BCUT2D eigenvalue weighted by Crippen LogP contribution is 2.76. The smallest absolute Gasteiger partial charge is 0.343 e. The molecule has 0 aromatic rings. The van der Waals surface area contributed by atoms with Crippen molar-refractivity contribution < 1.29 is 57.9 Å². The first-order valence-electron chi connectivity index (χ1n) is 16.8. The Balaban J connectivity index is 1.49. The number of carbonyl (C=O) groups excluding carboxylic acids is 5. The Morgan fingerprint density at radius 1 is 0.851 bits per heavy atom. The first kappa shape index (κ1) is 32.7. The highest BCUT2D eigenvalue weighted by molar-refractivity contribution is 5.88. The number of aliphatic hydroxyl groups excluding tert-OH is 1. The maximum atomic E-state index is 14.4. The van der Waals surface area contributed by atoms with Crippen molar-refractivity contribution in [2.24, 2.45) is 63.6 Å². The number of ketones is 1. The van der Waals surface area contributed by atoms with Gasteiger partial charge in [-0.2, -0.15) is 0 Å². The fourth-order valence-electron chi connectivity index (χ4n) is 12.5. The van der Waals surface area contributed by atoms with E-state index in [9.17, 15) is 34.2 Å². The molecule has 12 heteroatoms. The van der Waals surface area contributed by atoms with Crippen molar-refractivity contribution in [3.63, 3.8) is 0 Å². The minimum Gasteiger partial charge on any atom is -0.462 e. The quantitative estimate of drug-likeness (QED) is 0.257. The van der Waals surface area contributed by atoms with E-state index in [1.165, 1.54) is 27.7 Å². The third-order valence-electron chi connectivity index (χ3n) is 14.1.